The Kier molecular flexibility index (Phi) is 1.92. The van der Waals surface area contributed by atoms with E-state index in [2.05, 4.69) is 19.2 Å². The average Bonchev–Trinajstić information content (AvgIpc) is 1.93. The first kappa shape index (κ1) is 8.52. The van der Waals surface area contributed by atoms with Crippen LogP contribution in [0.2, 0.25) is 0 Å². The largest absolute Gasteiger partial charge is 0.380 e. The Labute approximate surface area is 74.7 Å². The van der Waals surface area contributed by atoms with Crippen LogP contribution in [0.15, 0.2) is 0 Å². The van der Waals surface area contributed by atoms with Crippen molar-refractivity contribution in [3.8, 4) is 0 Å². The van der Waals surface area contributed by atoms with Gasteiger partial charge < -0.3 is 10.1 Å². The van der Waals surface area contributed by atoms with Crippen LogP contribution < -0.4 is 5.32 Å². The first-order chi connectivity index (χ1) is 5.62. The van der Waals surface area contributed by atoms with Crippen molar-refractivity contribution in [2.24, 2.45) is 5.41 Å². The zero-order valence-electron chi connectivity index (χ0n) is 8.15. The Morgan fingerprint density at radius 3 is 2.25 bits per heavy atom. The molecule has 1 saturated carbocycles. The first-order valence-electron chi connectivity index (χ1n) is 4.95. The van der Waals surface area contributed by atoms with E-state index in [1.807, 2.05) is 0 Å². The van der Waals surface area contributed by atoms with Crippen molar-refractivity contribution in [1.82, 2.24) is 5.32 Å². The third-order valence-electron chi connectivity index (χ3n) is 3.30. The second-order valence-corrected chi connectivity index (χ2v) is 5.07. The van der Waals surface area contributed by atoms with Gasteiger partial charge in [-0.05, 0) is 26.2 Å². The van der Waals surface area contributed by atoms with Crippen LogP contribution in [-0.2, 0) is 4.74 Å². The molecule has 0 amide bonds. The molecule has 0 atom stereocenters. The highest BCUT2D eigenvalue weighted by molar-refractivity contribution is 4.94. The Bertz CT molecular complexity index is 151. The summed E-state index contributed by atoms with van der Waals surface area (Å²) in [5.41, 5.74) is 0.886. The first-order valence-corrected chi connectivity index (χ1v) is 4.95. The van der Waals surface area contributed by atoms with Gasteiger partial charge >= 0.3 is 0 Å². The molecule has 1 aliphatic heterocycles. The predicted molar refractivity (Wildman–Crippen MR) is 49.2 cm³/mol. The number of hydrogen-bond acceptors (Lipinski definition) is 2. The Balaban J connectivity index is 1.74. The summed E-state index contributed by atoms with van der Waals surface area (Å²) < 4.78 is 5.21. The second kappa shape index (κ2) is 2.71. The van der Waals surface area contributed by atoms with Crippen molar-refractivity contribution in [3.05, 3.63) is 0 Å². The van der Waals surface area contributed by atoms with Crippen LogP contribution in [0.3, 0.4) is 0 Å². The summed E-state index contributed by atoms with van der Waals surface area (Å²) in [6.45, 7) is 7.64. The molecule has 12 heavy (non-hydrogen) atoms. The molecule has 1 heterocycles. The average molecular weight is 169 g/mol. The summed E-state index contributed by atoms with van der Waals surface area (Å²) in [6, 6.07) is 0. The lowest BCUT2D eigenvalue weighted by atomic mass is 9.77. The molecule has 2 heteroatoms. The number of hydrogen-bond donors (Lipinski definition) is 1. The quantitative estimate of drug-likeness (QED) is 0.692. The molecule has 2 aliphatic rings. The van der Waals surface area contributed by atoms with E-state index in [4.69, 9.17) is 4.74 Å². The molecular formula is C10H19NO. The summed E-state index contributed by atoms with van der Waals surface area (Å²) >= 11 is 0. The fourth-order valence-electron chi connectivity index (χ4n) is 1.86. The molecule has 0 spiro atoms. The summed E-state index contributed by atoms with van der Waals surface area (Å²) in [6.07, 6.45) is 4.10. The smallest absolute Gasteiger partial charge is 0.0554 e. The zero-order valence-corrected chi connectivity index (χ0v) is 8.15. The monoisotopic (exact) mass is 169 g/mol. The van der Waals surface area contributed by atoms with Gasteiger partial charge in [0.15, 0.2) is 0 Å². The molecule has 0 bridgehead atoms. The van der Waals surface area contributed by atoms with E-state index in [0.717, 1.165) is 19.8 Å². The van der Waals surface area contributed by atoms with Gasteiger partial charge in [0.05, 0.1) is 13.2 Å². The van der Waals surface area contributed by atoms with Gasteiger partial charge in [0, 0.05) is 17.5 Å². The molecule has 0 aromatic rings. The highest BCUT2D eigenvalue weighted by Crippen LogP contribution is 2.33. The highest BCUT2D eigenvalue weighted by Gasteiger charge is 2.37. The van der Waals surface area contributed by atoms with Crippen LogP contribution >= 0.6 is 0 Å². The maximum atomic E-state index is 5.21. The minimum atomic E-state index is 0.429. The van der Waals surface area contributed by atoms with E-state index < -0.39 is 0 Å². The molecule has 0 aromatic carbocycles. The van der Waals surface area contributed by atoms with Gasteiger partial charge in [0.1, 0.15) is 0 Å². The topological polar surface area (TPSA) is 21.3 Å². The van der Waals surface area contributed by atoms with Crippen LogP contribution in [-0.4, -0.2) is 25.3 Å². The zero-order chi connectivity index (χ0) is 8.66. The number of rotatable bonds is 3. The van der Waals surface area contributed by atoms with Gasteiger partial charge in [-0.1, -0.05) is 6.92 Å². The highest BCUT2D eigenvalue weighted by atomic mass is 16.5. The maximum Gasteiger partial charge on any atom is 0.0554 e. The minimum absolute atomic E-state index is 0.429. The lowest BCUT2D eigenvalue weighted by Crippen LogP contribution is -2.56. The molecule has 2 fully saturated rings. The van der Waals surface area contributed by atoms with Crippen LogP contribution in [0.4, 0.5) is 0 Å². The second-order valence-electron chi connectivity index (χ2n) is 5.07. The summed E-state index contributed by atoms with van der Waals surface area (Å²) in [5, 5.41) is 3.66. The van der Waals surface area contributed by atoms with Crippen molar-refractivity contribution in [1.29, 1.82) is 0 Å². The van der Waals surface area contributed by atoms with Gasteiger partial charge in [-0.3, -0.25) is 0 Å². The normalized spacial score (nSPS) is 30.5. The lowest BCUT2D eigenvalue weighted by molar-refractivity contribution is -0.103. The molecule has 1 aliphatic carbocycles. The minimum Gasteiger partial charge on any atom is -0.380 e. The van der Waals surface area contributed by atoms with Crippen molar-refractivity contribution in [3.63, 3.8) is 0 Å². The van der Waals surface area contributed by atoms with E-state index >= 15 is 0 Å². The van der Waals surface area contributed by atoms with Crippen molar-refractivity contribution in [2.75, 3.05) is 19.8 Å². The molecule has 1 saturated heterocycles. The molecule has 0 unspecified atom stereocenters. The number of nitrogens with one attached hydrogen (secondary N) is 1. The third kappa shape index (κ3) is 1.50. The van der Waals surface area contributed by atoms with Crippen LogP contribution in [0.25, 0.3) is 0 Å². The molecule has 2 nitrogen and oxygen atoms in total. The van der Waals surface area contributed by atoms with Crippen molar-refractivity contribution >= 4 is 0 Å². The van der Waals surface area contributed by atoms with E-state index in [9.17, 15) is 0 Å². The Hall–Kier alpha value is -0.0800. The fraction of sp³-hybridized carbons (Fsp3) is 1.00. The number of ether oxygens (including phenoxy) is 1. The molecule has 2 rings (SSSR count). The van der Waals surface area contributed by atoms with Crippen LogP contribution in [0, 0.1) is 5.41 Å². The Morgan fingerprint density at radius 2 is 1.92 bits per heavy atom. The standard InChI is InChI=1S/C10H19NO/c1-9(7-12-8-9)6-11-10(2)4-3-5-10/h11H,3-8H2,1-2H3. The van der Waals surface area contributed by atoms with Gasteiger partial charge in [-0.15, -0.1) is 0 Å². The van der Waals surface area contributed by atoms with Gasteiger partial charge in [-0.25, -0.2) is 0 Å². The fourth-order valence-corrected chi connectivity index (χ4v) is 1.86. The summed E-state index contributed by atoms with van der Waals surface area (Å²) in [7, 11) is 0. The Morgan fingerprint density at radius 1 is 1.25 bits per heavy atom. The van der Waals surface area contributed by atoms with Gasteiger partial charge in [-0.2, -0.15) is 0 Å². The molecular weight excluding hydrogens is 150 g/mol. The van der Waals surface area contributed by atoms with Crippen molar-refractivity contribution in [2.45, 2.75) is 38.6 Å². The van der Waals surface area contributed by atoms with E-state index in [1.54, 1.807) is 0 Å². The molecule has 0 aromatic heterocycles. The predicted octanol–water partition coefficient (Wildman–Crippen LogP) is 1.56. The van der Waals surface area contributed by atoms with E-state index in [1.165, 1.54) is 19.3 Å². The van der Waals surface area contributed by atoms with Crippen LogP contribution in [0.5, 0.6) is 0 Å². The van der Waals surface area contributed by atoms with Crippen molar-refractivity contribution < 1.29 is 4.74 Å². The third-order valence-corrected chi connectivity index (χ3v) is 3.30. The summed E-state index contributed by atoms with van der Waals surface area (Å²) in [4.78, 5) is 0. The SMILES string of the molecule is CC1(CNC2(C)CCC2)COC1. The maximum absolute atomic E-state index is 5.21. The van der Waals surface area contributed by atoms with E-state index in [0.29, 0.717) is 11.0 Å². The summed E-state index contributed by atoms with van der Waals surface area (Å²) in [5.74, 6) is 0. The van der Waals surface area contributed by atoms with Gasteiger partial charge in [0.2, 0.25) is 0 Å². The molecule has 1 N–H and O–H groups in total. The molecule has 0 radical (unpaired) electrons. The van der Waals surface area contributed by atoms with Gasteiger partial charge in [0.25, 0.3) is 0 Å². The lowest BCUT2D eigenvalue weighted by Gasteiger charge is -2.45. The van der Waals surface area contributed by atoms with Crippen LogP contribution in [0.1, 0.15) is 33.1 Å². The van der Waals surface area contributed by atoms with E-state index in [-0.39, 0.29) is 0 Å². The molecule has 70 valence electrons.